The van der Waals surface area contributed by atoms with Crippen LogP contribution in [0.3, 0.4) is 0 Å². The van der Waals surface area contributed by atoms with Gasteiger partial charge < -0.3 is 10.4 Å². The SMILES string of the molecule is C=CC(=O)NCC[C@@H]1CCCC[C@H]1O. The fourth-order valence-electron chi connectivity index (χ4n) is 1.98. The van der Waals surface area contributed by atoms with Gasteiger partial charge in [0.05, 0.1) is 6.10 Å². The summed E-state index contributed by atoms with van der Waals surface area (Å²) in [5.41, 5.74) is 0. The molecule has 0 aromatic heterocycles. The molecule has 1 amide bonds. The van der Waals surface area contributed by atoms with Gasteiger partial charge in [-0.25, -0.2) is 0 Å². The van der Waals surface area contributed by atoms with Crippen LogP contribution in [0.2, 0.25) is 0 Å². The van der Waals surface area contributed by atoms with Gasteiger partial charge in [-0.05, 0) is 31.3 Å². The Morgan fingerprint density at radius 2 is 2.21 bits per heavy atom. The molecule has 0 aliphatic heterocycles. The standard InChI is InChI=1S/C11H19NO2/c1-2-11(14)12-8-7-9-5-3-4-6-10(9)13/h2,9-10,13H,1,3-8H2,(H,12,14)/t9-,10+/m0/s1. The van der Waals surface area contributed by atoms with E-state index < -0.39 is 0 Å². The molecule has 0 bridgehead atoms. The first kappa shape index (κ1) is 11.2. The molecule has 0 saturated heterocycles. The zero-order valence-electron chi connectivity index (χ0n) is 8.54. The Hall–Kier alpha value is -0.830. The third-order valence-electron chi connectivity index (χ3n) is 2.87. The van der Waals surface area contributed by atoms with Crippen molar-refractivity contribution < 1.29 is 9.90 Å². The molecule has 1 fully saturated rings. The van der Waals surface area contributed by atoms with Crippen LogP contribution in [0.25, 0.3) is 0 Å². The Kier molecular flexibility index (Phi) is 4.66. The van der Waals surface area contributed by atoms with E-state index in [1.807, 2.05) is 0 Å². The summed E-state index contributed by atoms with van der Waals surface area (Å²) in [5, 5.41) is 12.4. The summed E-state index contributed by atoms with van der Waals surface area (Å²) in [6.45, 7) is 4.02. The highest BCUT2D eigenvalue weighted by molar-refractivity contribution is 5.86. The first-order valence-corrected chi connectivity index (χ1v) is 5.32. The normalized spacial score (nSPS) is 26.9. The van der Waals surface area contributed by atoms with Gasteiger partial charge in [0.15, 0.2) is 0 Å². The smallest absolute Gasteiger partial charge is 0.243 e. The molecular formula is C11H19NO2. The Morgan fingerprint density at radius 3 is 2.86 bits per heavy atom. The fourth-order valence-corrected chi connectivity index (χ4v) is 1.98. The van der Waals surface area contributed by atoms with E-state index >= 15 is 0 Å². The van der Waals surface area contributed by atoms with Gasteiger partial charge >= 0.3 is 0 Å². The number of carbonyl (C=O) groups excluding carboxylic acids is 1. The highest BCUT2D eigenvalue weighted by atomic mass is 16.3. The van der Waals surface area contributed by atoms with Crippen LogP contribution < -0.4 is 5.32 Å². The Bertz CT molecular complexity index is 203. The third kappa shape index (κ3) is 3.50. The predicted molar refractivity (Wildman–Crippen MR) is 55.8 cm³/mol. The number of amides is 1. The Morgan fingerprint density at radius 1 is 1.50 bits per heavy atom. The minimum absolute atomic E-state index is 0.129. The molecule has 1 aliphatic rings. The van der Waals surface area contributed by atoms with Crippen LogP contribution in [-0.4, -0.2) is 23.7 Å². The van der Waals surface area contributed by atoms with E-state index in [-0.39, 0.29) is 12.0 Å². The maximum absolute atomic E-state index is 10.8. The van der Waals surface area contributed by atoms with E-state index in [1.165, 1.54) is 12.5 Å². The molecule has 0 radical (unpaired) electrons. The molecule has 3 nitrogen and oxygen atoms in total. The van der Waals surface area contributed by atoms with Crippen molar-refractivity contribution in [1.82, 2.24) is 5.32 Å². The second-order valence-corrected chi connectivity index (χ2v) is 3.90. The van der Waals surface area contributed by atoms with Crippen molar-refractivity contribution in [2.75, 3.05) is 6.54 Å². The highest BCUT2D eigenvalue weighted by Crippen LogP contribution is 2.26. The van der Waals surface area contributed by atoms with Gasteiger partial charge in [0.25, 0.3) is 0 Å². The van der Waals surface area contributed by atoms with Gasteiger partial charge in [-0.15, -0.1) is 0 Å². The van der Waals surface area contributed by atoms with E-state index in [0.29, 0.717) is 12.5 Å². The number of aliphatic hydroxyl groups is 1. The lowest BCUT2D eigenvalue weighted by Crippen LogP contribution is -2.30. The van der Waals surface area contributed by atoms with Crippen LogP contribution in [-0.2, 0) is 4.79 Å². The summed E-state index contributed by atoms with van der Waals surface area (Å²) < 4.78 is 0. The molecule has 80 valence electrons. The molecule has 0 spiro atoms. The average Bonchev–Trinajstić information content (AvgIpc) is 2.20. The summed E-state index contributed by atoms with van der Waals surface area (Å²) in [7, 11) is 0. The molecule has 3 heteroatoms. The van der Waals surface area contributed by atoms with E-state index in [0.717, 1.165) is 25.7 Å². The molecule has 1 saturated carbocycles. The molecular weight excluding hydrogens is 178 g/mol. The van der Waals surface area contributed by atoms with Crippen molar-refractivity contribution >= 4 is 5.91 Å². The van der Waals surface area contributed by atoms with Crippen molar-refractivity contribution in [3.8, 4) is 0 Å². The van der Waals surface area contributed by atoms with E-state index in [4.69, 9.17) is 0 Å². The molecule has 0 unspecified atom stereocenters. The molecule has 0 aromatic carbocycles. The minimum Gasteiger partial charge on any atom is -0.393 e. The first-order valence-electron chi connectivity index (χ1n) is 5.32. The molecule has 0 aromatic rings. The number of carbonyl (C=O) groups is 1. The molecule has 14 heavy (non-hydrogen) atoms. The number of aliphatic hydroxyl groups excluding tert-OH is 1. The van der Waals surface area contributed by atoms with Gasteiger partial charge in [0.2, 0.25) is 5.91 Å². The maximum atomic E-state index is 10.8. The number of rotatable bonds is 4. The van der Waals surface area contributed by atoms with E-state index in [9.17, 15) is 9.90 Å². The van der Waals surface area contributed by atoms with E-state index in [2.05, 4.69) is 11.9 Å². The second-order valence-electron chi connectivity index (χ2n) is 3.90. The van der Waals surface area contributed by atoms with Gasteiger partial charge in [-0.2, -0.15) is 0 Å². The second kappa shape index (κ2) is 5.81. The monoisotopic (exact) mass is 197 g/mol. The van der Waals surface area contributed by atoms with Crippen LogP contribution in [0.15, 0.2) is 12.7 Å². The van der Waals surface area contributed by atoms with Crippen LogP contribution >= 0.6 is 0 Å². The summed E-state index contributed by atoms with van der Waals surface area (Å²) in [6.07, 6.45) is 6.33. The first-order chi connectivity index (χ1) is 6.74. The molecule has 2 atom stereocenters. The van der Waals surface area contributed by atoms with Crippen LogP contribution in [0.5, 0.6) is 0 Å². The van der Waals surface area contributed by atoms with Gasteiger partial charge in [-0.1, -0.05) is 19.4 Å². The fraction of sp³-hybridized carbons (Fsp3) is 0.727. The van der Waals surface area contributed by atoms with Crippen molar-refractivity contribution in [3.05, 3.63) is 12.7 Å². The summed E-state index contributed by atoms with van der Waals surface area (Å²) >= 11 is 0. The summed E-state index contributed by atoms with van der Waals surface area (Å²) in [4.78, 5) is 10.8. The largest absolute Gasteiger partial charge is 0.393 e. The van der Waals surface area contributed by atoms with Crippen LogP contribution in [0, 0.1) is 5.92 Å². The van der Waals surface area contributed by atoms with Crippen molar-refractivity contribution in [3.63, 3.8) is 0 Å². The number of hydrogen-bond acceptors (Lipinski definition) is 2. The average molecular weight is 197 g/mol. The summed E-state index contributed by atoms with van der Waals surface area (Å²) in [6, 6.07) is 0. The lowest BCUT2D eigenvalue weighted by atomic mass is 9.84. The van der Waals surface area contributed by atoms with Crippen LogP contribution in [0.1, 0.15) is 32.1 Å². The lowest BCUT2D eigenvalue weighted by Gasteiger charge is -2.27. The number of hydrogen-bond donors (Lipinski definition) is 2. The van der Waals surface area contributed by atoms with Crippen molar-refractivity contribution in [1.29, 1.82) is 0 Å². The summed E-state index contributed by atoms with van der Waals surface area (Å²) in [5.74, 6) is 0.240. The number of nitrogens with one attached hydrogen (secondary N) is 1. The zero-order valence-corrected chi connectivity index (χ0v) is 8.54. The minimum atomic E-state index is -0.163. The topological polar surface area (TPSA) is 49.3 Å². The molecule has 1 aliphatic carbocycles. The molecule has 2 N–H and O–H groups in total. The highest BCUT2D eigenvalue weighted by Gasteiger charge is 2.22. The van der Waals surface area contributed by atoms with Gasteiger partial charge in [0, 0.05) is 6.54 Å². The van der Waals surface area contributed by atoms with Crippen molar-refractivity contribution in [2.24, 2.45) is 5.92 Å². The van der Waals surface area contributed by atoms with Gasteiger partial charge in [-0.3, -0.25) is 4.79 Å². The van der Waals surface area contributed by atoms with Crippen molar-refractivity contribution in [2.45, 2.75) is 38.2 Å². The molecule has 1 rings (SSSR count). The third-order valence-corrected chi connectivity index (χ3v) is 2.87. The quantitative estimate of drug-likeness (QED) is 0.666. The predicted octanol–water partition coefficient (Wildman–Crippen LogP) is 1.23. The lowest BCUT2D eigenvalue weighted by molar-refractivity contribution is -0.116. The zero-order chi connectivity index (χ0) is 10.4. The van der Waals surface area contributed by atoms with E-state index in [1.54, 1.807) is 0 Å². The molecule has 0 heterocycles. The maximum Gasteiger partial charge on any atom is 0.243 e. The Balaban J connectivity index is 2.16. The van der Waals surface area contributed by atoms with Crippen LogP contribution in [0.4, 0.5) is 0 Å². The Labute approximate surface area is 85.2 Å². The van der Waals surface area contributed by atoms with Gasteiger partial charge in [0.1, 0.15) is 0 Å².